The fourth-order valence-corrected chi connectivity index (χ4v) is 3.38. The summed E-state index contributed by atoms with van der Waals surface area (Å²) in [4.78, 5) is 0. The van der Waals surface area contributed by atoms with Gasteiger partial charge in [-0.25, -0.2) is 4.68 Å². The van der Waals surface area contributed by atoms with E-state index in [1.165, 1.54) is 11.3 Å². The number of nitrogens with zero attached hydrogens (tertiary/aromatic N) is 2. The monoisotopic (exact) mass is 331 g/mol. The van der Waals surface area contributed by atoms with E-state index in [2.05, 4.69) is 54.1 Å². The van der Waals surface area contributed by atoms with Crippen molar-refractivity contribution >= 4 is 15.9 Å². The van der Waals surface area contributed by atoms with Gasteiger partial charge in [0.15, 0.2) is 0 Å². The molecule has 0 bridgehead atoms. The Morgan fingerprint density at radius 2 is 2.10 bits per heavy atom. The first-order valence-corrected chi connectivity index (χ1v) is 7.61. The Balaban J connectivity index is 2.05. The minimum atomic E-state index is 0.174. The highest BCUT2D eigenvalue weighted by molar-refractivity contribution is 9.10. The SMILES string of the molecule is Cc1nn(-c2cccc(Br)c2)c(C)c1[C@H]1C=C[C@@H](N)C1. The molecule has 0 fully saturated rings. The molecule has 0 unspecified atom stereocenters. The summed E-state index contributed by atoms with van der Waals surface area (Å²) in [6.07, 6.45) is 5.29. The van der Waals surface area contributed by atoms with Crippen molar-refractivity contribution in [2.75, 3.05) is 0 Å². The molecule has 2 N–H and O–H groups in total. The predicted octanol–water partition coefficient (Wildman–Crippen LogP) is 3.62. The maximum Gasteiger partial charge on any atom is 0.0660 e. The molecule has 1 aromatic carbocycles. The van der Waals surface area contributed by atoms with Gasteiger partial charge >= 0.3 is 0 Å². The fourth-order valence-electron chi connectivity index (χ4n) is 2.99. The van der Waals surface area contributed by atoms with Gasteiger partial charge in [-0.1, -0.05) is 34.1 Å². The van der Waals surface area contributed by atoms with E-state index < -0.39 is 0 Å². The normalized spacial score (nSPS) is 21.6. The Hall–Kier alpha value is -1.39. The first-order chi connectivity index (χ1) is 9.56. The number of hydrogen-bond donors (Lipinski definition) is 1. The largest absolute Gasteiger partial charge is 0.324 e. The first-order valence-electron chi connectivity index (χ1n) is 6.82. The molecule has 0 saturated carbocycles. The molecule has 0 amide bonds. The van der Waals surface area contributed by atoms with Crippen LogP contribution in [-0.2, 0) is 0 Å². The van der Waals surface area contributed by atoms with E-state index in [1.807, 2.05) is 16.8 Å². The lowest BCUT2D eigenvalue weighted by atomic mass is 9.96. The number of allylic oxidation sites excluding steroid dienone is 1. The molecular formula is C16H18BrN3. The van der Waals surface area contributed by atoms with Gasteiger partial charge in [0.2, 0.25) is 0 Å². The van der Waals surface area contributed by atoms with Crippen LogP contribution >= 0.6 is 15.9 Å². The van der Waals surface area contributed by atoms with Gasteiger partial charge in [-0.05, 0) is 38.5 Å². The zero-order chi connectivity index (χ0) is 14.3. The van der Waals surface area contributed by atoms with E-state index in [0.717, 1.165) is 22.3 Å². The summed E-state index contributed by atoms with van der Waals surface area (Å²) in [7, 11) is 0. The summed E-state index contributed by atoms with van der Waals surface area (Å²) >= 11 is 3.51. The summed E-state index contributed by atoms with van der Waals surface area (Å²) in [6, 6.07) is 8.38. The molecule has 1 aliphatic rings. The summed E-state index contributed by atoms with van der Waals surface area (Å²) in [5.41, 5.74) is 10.7. The molecule has 0 aliphatic heterocycles. The fraction of sp³-hybridized carbons (Fsp3) is 0.312. The molecule has 3 rings (SSSR count). The predicted molar refractivity (Wildman–Crippen MR) is 85.2 cm³/mol. The number of benzene rings is 1. The lowest BCUT2D eigenvalue weighted by Gasteiger charge is -2.11. The van der Waals surface area contributed by atoms with E-state index in [-0.39, 0.29) is 6.04 Å². The second-order valence-corrected chi connectivity index (χ2v) is 6.28. The van der Waals surface area contributed by atoms with E-state index in [4.69, 9.17) is 10.8 Å². The average molecular weight is 332 g/mol. The van der Waals surface area contributed by atoms with Crippen LogP contribution in [-0.4, -0.2) is 15.8 Å². The van der Waals surface area contributed by atoms with Gasteiger partial charge in [0, 0.05) is 27.7 Å². The van der Waals surface area contributed by atoms with E-state index in [9.17, 15) is 0 Å². The van der Waals surface area contributed by atoms with Crippen molar-refractivity contribution in [2.45, 2.75) is 32.2 Å². The number of rotatable bonds is 2. The number of halogens is 1. The zero-order valence-corrected chi connectivity index (χ0v) is 13.3. The molecule has 1 aliphatic carbocycles. The zero-order valence-electron chi connectivity index (χ0n) is 11.7. The lowest BCUT2D eigenvalue weighted by Crippen LogP contribution is -2.14. The van der Waals surface area contributed by atoms with Crippen molar-refractivity contribution in [3.05, 3.63) is 57.8 Å². The Morgan fingerprint density at radius 3 is 2.75 bits per heavy atom. The van der Waals surface area contributed by atoms with Gasteiger partial charge in [0.1, 0.15) is 0 Å². The Morgan fingerprint density at radius 1 is 1.30 bits per heavy atom. The van der Waals surface area contributed by atoms with Crippen LogP contribution in [0.3, 0.4) is 0 Å². The molecule has 1 heterocycles. The van der Waals surface area contributed by atoms with Gasteiger partial charge < -0.3 is 5.73 Å². The van der Waals surface area contributed by atoms with Crippen molar-refractivity contribution < 1.29 is 0 Å². The standard InChI is InChI=1S/C16H18BrN3/c1-10-16(12-6-7-14(18)8-12)11(2)20(19-10)15-5-3-4-13(17)9-15/h3-7,9,12,14H,8,18H2,1-2H3/t12-,14+/m0/s1. The van der Waals surface area contributed by atoms with Gasteiger partial charge in [-0.2, -0.15) is 5.10 Å². The molecule has 0 spiro atoms. The van der Waals surface area contributed by atoms with E-state index in [0.29, 0.717) is 5.92 Å². The van der Waals surface area contributed by atoms with E-state index in [1.54, 1.807) is 0 Å². The average Bonchev–Trinajstić information content (AvgIpc) is 2.93. The van der Waals surface area contributed by atoms with Gasteiger partial charge in [-0.3, -0.25) is 0 Å². The van der Waals surface area contributed by atoms with Crippen molar-refractivity contribution in [2.24, 2.45) is 5.73 Å². The molecule has 104 valence electrons. The molecule has 3 nitrogen and oxygen atoms in total. The number of hydrogen-bond acceptors (Lipinski definition) is 2. The summed E-state index contributed by atoms with van der Waals surface area (Å²) in [5.74, 6) is 0.394. The van der Waals surface area contributed by atoms with Gasteiger partial charge in [0.05, 0.1) is 11.4 Å². The molecular weight excluding hydrogens is 314 g/mol. The summed E-state index contributed by atoms with van der Waals surface area (Å²) in [5, 5.41) is 4.71. The van der Waals surface area contributed by atoms with Crippen molar-refractivity contribution in [1.29, 1.82) is 0 Å². The van der Waals surface area contributed by atoms with Gasteiger partial charge in [0.25, 0.3) is 0 Å². The number of aryl methyl sites for hydroxylation is 1. The third-order valence-corrected chi connectivity index (χ3v) is 4.38. The molecule has 2 atom stereocenters. The highest BCUT2D eigenvalue weighted by Crippen LogP contribution is 2.33. The second-order valence-electron chi connectivity index (χ2n) is 5.37. The van der Waals surface area contributed by atoms with E-state index >= 15 is 0 Å². The highest BCUT2D eigenvalue weighted by atomic mass is 79.9. The molecule has 20 heavy (non-hydrogen) atoms. The first kappa shape index (κ1) is 13.6. The summed E-state index contributed by atoms with van der Waals surface area (Å²) < 4.78 is 3.08. The van der Waals surface area contributed by atoms with Crippen molar-refractivity contribution in [3.8, 4) is 5.69 Å². The second kappa shape index (κ2) is 5.19. The van der Waals surface area contributed by atoms with Crippen LogP contribution in [0.1, 0.15) is 29.3 Å². The maximum absolute atomic E-state index is 5.98. The van der Waals surface area contributed by atoms with Gasteiger partial charge in [-0.15, -0.1) is 0 Å². The Labute approximate surface area is 127 Å². The summed E-state index contributed by atoms with van der Waals surface area (Å²) in [6.45, 7) is 4.21. The van der Waals surface area contributed by atoms with Crippen LogP contribution < -0.4 is 5.73 Å². The minimum absolute atomic E-state index is 0.174. The van der Waals surface area contributed by atoms with Crippen LogP contribution in [0, 0.1) is 13.8 Å². The Kier molecular flexibility index (Phi) is 3.52. The third kappa shape index (κ3) is 2.34. The smallest absolute Gasteiger partial charge is 0.0660 e. The van der Waals surface area contributed by atoms with Crippen LogP contribution in [0.2, 0.25) is 0 Å². The lowest BCUT2D eigenvalue weighted by molar-refractivity contribution is 0.704. The third-order valence-electron chi connectivity index (χ3n) is 3.89. The maximum atomic E-state index is 5.98. The molecule has 0 radical (unpaired) electrons. The molecule has 4 heteroatoms. The Bertz CT molecular complexity index is 672. The van der Waals surface area contributed by atoms with Crippen LogP contribution in [0.4, 0.5) is 0 Å². The van der Waals surface area contributed by atoms with Crippen molar-refractivity contribution in [1.82, 2.24) is 9.78 Å². The van der Waals surface area contributed by atoms with Crippen LogP contribution in [0.5, 0.6) is 0 Å². The molecule has 1 aromatic heterocycles. The minimum Gasteiger partial charge on any atom is -0.324 e. The molecule has 0 saturated heterocycles. The number of nitrogens with two attached hydrogens (primary N) is 1. The topological polar surface area (TPSA) is 43.8 Å². The quantitative estimate of drug-likeness (QED) is 0.854. The van der Waals surface area contributed by atoms with Crippen LogP contribution in [0.15, 0.2) is 40.9 Å². The molecule has 2 aromatic rings. The highest BCUT2D eigenvalue weighted by Gasteiger charge is 2.24. The van der Waals surface area contributed by atoms with Crippen LogP contribution in [0.25, 0.3) is 5.69 Å². The number of aromatic nitrogens is 2. The van der Waals surface area contributed by atoms with Crippen molar-refractivity contribution in [3.63, 3.8) is 0 Å².